The lowest BCUT2D eigenvalue weighted by Crippen LogP contribution is -2.47. The molecule has 0 spiro atoms. The number of hydrogen-bond donors (Lipinski definition) is 1. The second kappa shape index (κ2) is 10.0. The van der Waals surface area contributed by atoms with Crippen LogP contribution in [0.3, 0.4) is 0 Å². The number of likely N-dealkylation sites (tertiary alicyclic amines) is 1. The van der Waals surface area contributed by atoms with E-state index < -0.39 is 11.7 Å². The summed E-state index contributed by atoms with van der Waals surface area (Å²) in [6, 6.07) is 7.69. The first kappa shape index (κ1) is 26.8. The van der Waals surface area contributed by atoms with Crippen LogP contribution >= 0.6 is 0 Å². The number of urea groups is 1. The predicted molar refractivity (Wildman–Crippen MR) is 150 cm³/mol. The molecule has 1 fully saturated rings. The smallest absolute Gasteiger partial charge is 0.396 e. The lowest BCUT2D eigenvalue weighted by atomic mass is 9.96. The van der Waals surface area contributed by atoms with Crippen LogP contribution in [0, 0.1) is 5.92 Å². The predicted octanol–water partition coefficient (Wildman–Crippen LogP) is 5.22. The Morgan fingerprint density at radius 1 is 1.05 bits per heavy atom. The number of benzene rings is 1. The van der Waals surface area contributed by atoms with Crippen LogP contribution in [-0.2, 0) is 24.1 Å². The number of carbonyl (C=O) groups is 2. The molecule has 0 bridgehead atoms. The zero-order chi connectivity index (χ0) is 29.2. The largest absolute Gasteiger partial charge is 0.416 e. The second-order valence-electron chi connectivity index (χ2n) is 11.4. The van der Waals surface area contributed by atoms with Crippen LogP contribution < -0.4 is 0 Å². The Morgan fingerprint density at radius 3 is 2.62 bits per heavy atom. The van der Waals surface area contributed by atoms with Crippen molar-refractivity contribution in [2.45, 2.75) is 44.9 Å². The molecule has 0 atom stereocenters. The number of aliphatic hydroxyl groups is 1. The third-order valence-corrected chi connectivity index (χ3v) is 8.95. The summed E-state index contributed by atoms with van der Waals surface area (Å²) in [7, 11) is 0. The van der Waals surface area contributed by atoms with Crippen molar-refractivity contribution in [2.75, 3.05) is 26.2 Å². The van der Waals surface area contributed by atoms with E-state index in [2.05, 4.69) is 4.98 Å². The summed E-state index contributed by atoms with van der Waals surface area (Å²) in [5, 5.41) is 9.89. The summed E-state index contributed by atoms with van der Waals surface area (Å²) in [6.07, 6.45) is 2.86. The standard InChI is InChI=1S/C31H30F3N5O3/c32-31(33,34)21-13-20-16-38(30(42)36-9-6-19(18-40)7-10-36)12-11-37-17-24(23(14-21)29(20)37)22-4-5-26(41)28(22)25-15-35-27-3-1-2-8-39(25)27/h1-3,8,13-15,17,19,40H,4-7,9-12,16,18H2. The van der Waals surface area contributed by atoms with Crippen LogP contribution in [0.5, 0.6) is 0 Å². The van der Waals surface area contributed by atoms with E-state index in [-0.39, 0.29) is 37.3 Å². The average molecular weight is 578 g/mol. The van der Waals surface area contributed by atoms with Gasteiger partial charge in [-0.15, -0.1) is 0 Å². The zero-order valence-corrected chi connectivity index (χ0v) is 22.9. The number of aromatic nitrogens is 3. The highest BCUT2D eigenvalue weighted by molar-refractivity contribution is 6.31. The molecular weight excluding hydrogens is 547 g/mol. The molecule has 3 aliphatic rings. The number of imidazole rings is 1. The molecule has 1 aliphatic carbocycles. The van der Waals surface area contributed by atoms with Gasteiger partial charge in [0.25, 0.3) is 0 Å². The van der Waals surface area contributed by atoms with Crippen LogP contribution in [0.1, 0.15) is 48.1 Å². The number of amides is 2. The van der Waals surface area contributed by atoms with Crippen molar-refractivity contribution in [2.24, 2.45) is 5.92 Å². The summed E-state index contributed by atoms with van der Waals surface area (Å²) < 4.78 is 46.5. The number of ketones is 1. The van der Waals surface area contributed by atoms with Gasteiger partial charge in [-0.25, -0.2) is 9.78 Å². The molecule has 218 valence electrons. The van der Waals surface area contributed by atoms with Gasteiger partial charge in [0.1, 0.15) is 5.65 Å². The number of pyridine rings is 1. The zero-order valence-electron chi connectivity index (χ0n) is 22.9. The molecule has 0 unspecified atom stereocenters. The Hall–Kier alpha value is -4.12. The topological polar surface area (TPSA) is 83.1 Å². The maximum absolute atomic E-state index is 14.2. The fourth-order valence-corrected chi connectivity index (χ4v) is 6.75. The van der Waals surface area contributed by atoms with Crippen molar-refractivity contribution in [3.05, 3.63) is 71.3 Å². The first-order chi connectivity index (χ1) is 20.2. The first-order valence-electron chi connectivity index (χ1n) is 14.3. The monoisotopic (exact) mass is 577 g/mol. The number of nitrogens with zero attached hydrogens (tertiary/aromatic N) is 5. The molecule has 3 aromatic heterocycles. The van der Waals surface area contributed by atoms with Gasteiger partial charge in [0.05, 0.1) is 23.0 Å². The SMILES string of the molecule is O=C1CCC(c2cn3c4c(cc(C(F)(F)F)cc24)CN(C(=O)N2CCC(CO)CC2)CC3)=C1c1cnc2ccccn12. The van der Waals surface area contributed by atoms with E-state index in [1.807, 2.05) is 39.6 Å². The fraction of sp³-hybridized carbons (Fsp3) is 0.387. The highest BCUT2D eigenvalue weighted by Crippen LogP contribution is 2.44. The molecule has 1 saturated heterocycles. The van der Waals surface area contributed by atoms with E-state index in [1.165, 1.54) is 6.07 Å². The lowest BCUT2D eigenvalue weighted by Gasteiger charge is -2.35. The number of aliphatic hydroxyl groups excluding tert-OH is 1. The van der Waals surface area contributed by atoms with E-state index in [4.69, 9.17) is 0 Å². The highest BCUT2D eigenvalue weighted by atomic mass is 19.4. The molecule has 8 nitrogen and oxygen atoms in total. The van der Waals surface area contributed by atoms with Crippen LogP contribution in [0.2, 0.25) is 0 Å². The van der Waals surface area contributed by atoms with Crippen LogP contribution in [0.25, 0.3) is 27.7 Å². The van der Waals surface area contributed by atoms with Gasteiger partial charge >= 0.3 is 12.2 Å². The van der Waals surface area contributed by atoms with Gasteiger partial charge in [-0.1, -0.05) is 6.07 Å². The van der Waals surface area contributed by atoms with Crippen LogP contribution in [-0.4, -0.2) is 66.9 Å². The normalized spacial score (nSPS) is 18.5. The van der Waals surface area contributed by atoms with E-state index in [0.717, 1.165) is 11.6 Å². The van der Waals surface area contributed by atoms with Crippen molar-refractivity contribution < 1.29 is 27.9 Å². The van der Waals surface area contributed by atoms with E-state index in [0.29, 0.717) is 84.4 Å². The minimum absolute atomic E-state index is 0.0563. The van der Waals surface area contributed by atoms with Gasteiger partial charge in [0, 0.05) is 74.7 Å². The third-order valence-electron chi connectivity index (χ3n) is 8.95. The van der Waals surface area contributed by atoms with E-state index >= 15 is 0 Å². The maximum Gasteiger partial charge on any atom is 0.416 e. The second-order valence-corrected chi connectivity index (χ2v) is 11.4. The summed E-state index contributed by atoms with van der Waals surface area (Å²) in [5.41, 5.74) is 3.47. The molecule has 11 heteroatoms. The molecule has 2 amide bonds. The number of piperidine rings is 1. The number of fused-ring (bicyclic) bond motifs is 1. The van der Waals surface area contributed by atoms with Crippen LogP contribution in [0.4, 0.5) is 18.0 Å². The number of carbonyl (C=O) groups excluding carboxylic acids is 2. The Bertz CT molecular complexity index is 1760. The van der Waals surface area contributed by atoms with Crippen molar-refractivity contribution in [3.63, 3.8) is 0 Å². The van der Waals surface area contributed by atoms with Crippen LogP contribution in [0.15, 0.2) is 48.9 Å². The summed E-state index contributed by atoms with van der Waals surface area (Å²) >= 11 is 0. The molecule has 42 heavy (non-hydrogen) atoms. The summed E-state index contributed by atoms with van der Waals surface area (Å²) in [4.78, 5) is 34.5. The number of allylic oxidation sites excluding steroid dienone is 2. The van der Waals surface area contributed by atoms with Crippen molar-refractivity contribution >= 4 is 39.5 Å². The Labute approximate surface area is 239 Å². The maximum atomic E-state index is 14.2. The van der Waals surface area contributed by atoms with Crippen molar-refractivity contribution in [1.29, 1.82) is 0 Å². The Balaban J connectivity index is 1.34. The lowest BCUT2D eigenvalue weighted by molar-refractivity contribution is -0.137. The minimum atomic E-state index is -4.58. The van der Waals surface area contributed by atoms with Gasteiger partial charge < -0.3 is 19.5 Å². The number of alkyl halides is 3. The van der Waals surface area contributed by atoms with Gasteiger partial charge in [0.15, 0.2) is 5.78 Å². The number of Topliss-reactive ketones (excluding diaryl/α,β-unsaturated/α-hetero) is 1. The van der Waals surface area contributed by atoms with Gasteiger partial charge in [0.2, 0.25) is 0 Å². The molecule has 0 saturated carbocycles. The number of hydrogen-bond acceptors (Lipinski definition) is 4. The Morgan fingerprint density at radius 2 is 1.86 bits per heavy atom. The fourth-order valence-electron chi connectivity index (χ4n) is 6.75. The summed E-state index contributed by atoms with van der Waals surface area (Å²) in [6.45, 7) is 1.94. The number of rotatable bonds is 3. The van der Waals surface area contributed by atoms with E-state index in [1.54, 1.807) is 16.0 Å². The van der Waals surface area contributed by atoms with Gasteiger partial charge in [-0.05, 0) is 60.6 Å². The molecule has 1 aromatic carbocycles. The first-order valence-corrected chi connectivity index (χ1v) is 14.3. The average Bonchev–Trinajstić information content (AvgIpc) is 3.65. The Kier molecular flexibility index (Phi) is 6.38. The quantitative estimate of drug-likeness (QED) is 0.362. The minimum Gasteiger partial charge on any atom is -0.396 e. The van der Waals surface area contributed by atoms with Gasteiger partial charge in [-0.2, -0.15) is 13.2 Å². The molecule has 5 heterocycles. The van der Waals surface area contributed by atoms with Crippen molar-refractivity contribution in [3.8, 4) is 0 Å². The summed E-state index contributed by atoms with van der Waals surface area (Å²) in [5.74, 6) is 0.111. The third kappa shape index (κ3) is 4.38. The molecule has 7 rings (SSSR count). The highest BCUT2D eigenvalue weighted by Gasteiger charge is 2.36. The molecule has 1 N–H and O–H groups in total. The van der Waals surface area contributed by atoms with Crippen molar-refractivity contribution in [1.82, 2.24) is 23.8 Å². The molecule has 4 aromatic rings. The molecule has 2 aliphatic heterocycles. The van der Waals surface area contributed by atoms with E-state index in [9.17, 15) is 27.9 Å². The molecule has 0 radical (unpaired) electrons. The number of halogens is 3. The molecular formula is C31H30F3N5O3. The van der Waals surface area contributed by atoms with Gasteiger partial charge in [-0.3, -0.25) is 9.20 Å².